The van der Waals surface area contributed by atoms with Gasteiger partial charge >= 0.3 is 0 Å². The molecule has 2 rings (SSSR count). The highest BCUT2D eigenvalue weighted by Gasteiger charge is 2.42. The van der Waals surface area contributed by atoms with Crippen LogP contribution in [0.25, 0.3) is 0 Å². The normalized spacial score (nSPS) is 27.9. The van der Waals surface area contributed by atoms with Crippen LogP contribution in [-0.4, -0.2) is 97.6 Å². The molecule has 250 valence electrons. The van der Waals surface area contributed by atoms with E-state index < -0.39 is 63.4 Å². The van der Waals surface area contributed by atoms with Crippen LogP contribution in [0.4, 0.5) is 8.78 Å². The van der Waals surface area contributed by atoms with Crippen molar-refractivity contribution in [2.45, 2.75) is 115 Å². The van der Waals surface area contributed by atoms with Crippen LogP contribution in [0, 0.1) is 23.7 Å². The van der Waals surface area contributed by atoms with Gasteiger partial charge in [0.15, 0.2) is 0 Å². The van der Waals surface area contributed by atoms with E-state index in [0.717, 1.165) is 12.8 Å². The first-order valence-electron chi connectivity index (χ1n) is 15.6. The molecule has 0 aliphatic heterocycles. The van der Waals surface area contributed by atoms with Crippen molar-refractivity contribution in [3.63, 3.8) is 0 Å². The highest BCUT2D eigenvalue weighted by atomic mass is 32.2. The average Bonchev–Trinajstić information content (AvgIpc) is 2.90. The third kappa shape index (κ3) is 11.8. The molecule has 0 saturated heterocycles. The fraction of sp³-hybridized carbons (Fsp3) is 0.897. The number of nitrogens with one attached hydrogen (secondary N) is 2. The van der Waals surface area contributed by atoms with E-state index in [1.165, 1.54) is 5.01 Å². The van der Waals surface area contributed by atoms with Gasteiger partial charge in [0.25, 0.3) is 0 Å². The topological polar surface area (TPSA) is 162 Å². The maximum atomic E-state index is 14.2. The number of rotatable bonds is 15. The lowest BCUT2D eigenvalue weighted by molar-refractivity contribution is -0.138. The predicted molar refractivity (Wildman–Crippen MR) is 160 cm³/mol. The second-order valence-corrected chi connectivity index (χ2v) is 14.7. The maximum Gasteiger partial charge on any atom is 0.236 e. The average molecular weight is 638 g/mol. The monoisotopic (exact) mass is 637 g/mol. The minimum absolute atomic E-state index is 0.0234. The Morgan fingerprint density at radius 2 is 1.51 bits per heavy atom. The van der Waals surface area contributed by atoms with Gasteiger partial charge in [0, 0.05) is 50.9 Å². The molecule has 0 spiro atoms. The summed E-state index contributed by atoms with van der Waals surface area (Å²) in [4.78, 5) is 40.9. The van der Waals surface area contributed by atoms with Crippen LogP contribution in [0.3, 0.4) is 0 Å². The van der Waals surface area contributed by atoms with E-state index in [0.29, 0.717) is 13.1 Å². The van der Waals surface area contributed by atoms with Crippen molar-refractivity contribution in [2.24, 2.45) is 28.8 Å². The first-order valence-corrected chi connectivity index (χ1v) is 17.2. The molecule has 0 aromatic rings. The highest BCUT2D eigenvalue weighted by molar-refractivity contribution is 7.89. The van der Waals surface area contributed by atoms with Crippen LogP contribution in [0.15, 0.2) is 0 Å². The number of aliphatic hydroxyl groups is 1. The second-order valence-electron chi connectivity index (χ2n) is 12.8. The number of nitrogens with zero attached hydrogens (tertiary/aromatic N) is 2. The summed E-state index contributed by atoms with van der Waals surface area (Å²) in [7, 11) is -2.49. The number of likely N-dealkylation sites (N-methyl/N-ethyl adjacent to an activating group) is 1. The number of sulfonamides is 1. The van der Waals surface area contributed by atoms with E-state index in [9.17, 15) is 36.7 Å². The standard InChI is InChI=1S/C29H53F2N5O6S/c1-6-8-36(9-7-2)29(40)21-13-20(14-24(15-21)43(32,41)42)28(39)33-25(12-19-10-22(30)16-23(31)11-19)26(37)17-35(5)34-27(38)18(3)4/h18-26,37H,6-17H2,1-5H3,(H,33,39)(H,34,38)(H2,32,41,42). The fourth-order valence-corrected chi connectivity index (χ4v) is 7.31. The lowest BCUT2D eigenvalue weighted by Gasteiger charge is -2.37. The number of amides is 3. The van der Waals surface area contributed by atoms with E-state index in [4.69, 9.17) is 5.14 Å². The number of hydrazine groups is 1. The van der Waals surface area contributed by atoms with Crippen molar-refractivity contribution in [3.8, 4) is 0 Å². The van der Waals surface area contributed by atoms with E-state index in [2.05, 4.69) is 10.7 Å². The molecular formula is C29H53F2N5O6S. The Balaban J connectivity index is 2.27. The quantitative estimate of drug-likeness (QED) is 0.200. The van der Waals surface area contributed by atoms with Crippen LogP contribution >= 0.6 is 0 Å². The van der Waals surface area contributed by atoms with Gasteiger partial charge in [-0.2, -0.15) is 0 Å². The lowest BCUT2D eigenvalue weighted by Crippen LogP contribution is -2.54. The zero-order chi connectivity index (χ0) is 32.5. The third-order valence-electron chi connectivity index (χ3n) is 8.50. The van der Waals surface area contributed by atoms with Gasteiger partial charge in [0.1, 0.15) is 12.3 Å². The second kappa shape index (κ2) is 17.0. The van der Waals surface area contributed by atoms with Gasteiger partial charge in [0.2, 0.25) is 27.7 Å². The number of carbonyl (C=O) groups is 3. The van der Waals surface area contributed by atoms with E-state index in [1.54, 1.807) is 25.8 Å². The predicted octanol–water partition coefficient (Wildman–Crippen LogP) is 2.04. The minimum atomic E-state index is -4.05. The van der Waals surface area contributed by atoms with Gasteiger partial charge in [-0.3, -0.25) is 19.8 Å². The number of nitrogens with two attached hydrogens (primary N) is 1. The van der Waals surface area contributed by atoms with Crippen molar-refractivity contribution in [1.82, 2.24) is 20.7 Å². The number of halogens is 2. The molecule has 2 aliphatic rings. The molecule has 11 nitrogen and oxygen atoms in total. The zero-order valence-corrected chi connectivity index (χ0v) is 27.1. The molecule has 0 radical (unpaired) electrons. The summed E-state index contributed by atoms with van der Waals surface area (Å²) in [6.45, 7) is 8.27. The fourth-order valence-electron chi connectivity index (χ4n) is 6.31. The van der Waals surface area contributed by atoms with Crippen molar-refractivity contribution < 1.29 is 36.7 Å². The van der Waals surface area contributed by atoms with Crippen molar-refractivity contribution in [2.75, 3.05) is 26.7 Å². The number of hydrogen-bond donors (Lipinski definition) is 4. The molecule has 43 heavy (non-hydrogen) atoms. The minimum Gasteiger partial charge on any atom is -0.390 e. The van der Waals surface area contributed by atoms with Gasteiger partial charge in [-0.15, -0.1) is 0 Å². The Kier molecular flexibility index (Phi) is 14.7. The molecule has 2 aliphatic carbocycles. The summed E-state index contributed by atoms with van der Waals surface area (Å²) in [5, 5.41) is 19.8. The van der Waals surface area contributed by atoms with Crippen molar-refractivity contribution >= 4 is 27.7 Å². The first-order chi connectivity index (χ1) is 20.0. The third-order valence-corrected chi connectivity index (χ3v) is 9.82. The molecule has 2 fully saturated rings. The Hall–Kier alpha value is -1.90. The number of aliphatic hydroxyl groups excluding tert-OH is 1. The Labute approximate surface area is 255 Å². The molecule has 5 N–H and O–H groups in total. The van der Waals surface area contributed by atoms with Gasteiger partial charge in [-0.25, -0.2) is 27.3 Å². The summed E-state index contributed by atoms with van der Waals surface area (Å²) >= 11 is 0. The maximum absolute atomic E-state index is 14.2. The van der Waals surface area contributed by atoms with Gasteiger partial charge in [-0.1, -0.05) is 27.7 Å². The summed E-state index contributed by atoms with van der Waals surface area (Å²) in [6, 6.07) is -0.936. The Morgan fingerprint density at radius 1 is 0.953 bits per heavy atom. The van der Waals surface area contributed by atoms with Crippen LogP contribution in [0.1, 0.15) is 85.5 Å². The molecule has 2 saturated carbocycles. The molecule has 0 aromatic carbocycles. The first kappa shape index (κ1) is 37.3. The molecule has 7 unspecified atom stereocenters. The summed E-state index contributed by atoms with van der Waals surface area (Å²) in [5.74, 6) is -3.37. The van der Waals surface area contributed by atoms with E-state index in [-0.39, 0.29) is 69.2 Å². The molecule has 0 bridgehead atoms. The number of alkyl halides is 2. The highest BCUT2D eigenvalue weighted by Crippen LogP contribution is 2.35. The van der Waals surface area contributed by atoms with Gasteiger partial charge in [-0.05, 0) is 57.3 Å². The number of carbonyl (C=O) groups excluding carboxylic acids is 3. The molecule has 3 amide bonds. The summed E-state index contributed by atoms with van der Waals surface area (Å²) in [6.07, 6.45) is -2.25. The largest absolute Gasteiger partial charge is 0.390 e. The van der Waals surface area contributed by atoms with E-state index >= 15 is 0 Å². The molecular weight excluding hydrogens is 584 g/mol. The Morgan fingerprint density at radius 3 is 2.02 bits per heavy atom. The Bertz CT molecular complexity index is 1020. The molecule has 0 aromatic heterocycles. The van der Waals surface area contributed by atoms with Crippen LogP contribution in [0.2, 0.25) is 0 Å². The smallest absolute Gasteiger partial charge is 0.236 e. The molecule has 14 heteroatoms. The number of hydrogen-bond acceptors (Lipinski definition) is 7. The molecule has 0 heterocycles. The summed E-state index contributed by atoms with van der Waals surface area (Å²) < 4.78 is 53.3. The summed E-state index contributed by atoms with van der Waals surface area (Å²) in [5.41, 5.74) is 2.65. The molecule has 7 atom stereocenters. The van der Waals surface area contributed by atoms with Crippen LogP contribution in [-0.2, 0) is 24.4 Å². The van der Waals surface area contributed by atoms with Gasteiger partial charge < -0.3 is 15.3 Å². The SMILES string of the molecule is CCCN(CCC)C(=O)C1CC(C(=O)NC(CC2CC(F)CC(F)C2)C(O)CN(C)NC(=O)C(C)C)CC(S(N)(=O)=O)C1. The number of primary sulfonamides is 1. The van der Waals surface area contributed by atoms with E-state index in [1.807, 2.05) is 13.8 Å². The van der Waals surface area contributed by atoms with Gasteiger partial charge in [0.05, 0.1) is 17.4 Å². The van der Waals surface area contributed by atoms with Crippen LogP contribution < -0.4 is 15.9 Å². The van der Waals surface area contributed by atoms with Crippen molar-refractivity contribution in [1.29, 1.82) is 0 Å². The van der Waals surface area contributed by atoms with Crippen LogP contribution in [0.5, 0.6) is 0 Å². The zero-order valence-electron chi connectivity index (χ0n) is 26.3. The lowest BCUT2D eigenvalue weighted by atomic mass is 9.79. The van der Waals surface area contributed by atoms with Crippen molar-refractivity contribution in [3.05, 3.63) is 0 Å².